The van der Waals surface area contributed by atoms with Crippen molar-refractivity contribution < 1.29 is 19.1 Å². The molecule has 0 radical (unpaired) electrons. The summed E-state index contributed by atoms with van der Waals surface area (Å²) in [5, 5.41) is 4.95. The maximum absolute atomic E-state index is 11.8. The van der Waals surface area contributed by atoms with Gasteiger partial charge in [0, 0.05) is 5.92 Å². The molecule has 3 aliphatic rings. The molecule has 1 saturated heterocycles. The third kappa shape index (κ3) is 1.23. The zero-order valence-corrected chi connectivity index (χ0v) is 9.49. The van der Waals surface area contributed by atoms with Crippen molar-refractivity contribution in [2.75, 3.05) is 6.61 Å². The number of carbonyl (C=O) groups excluding carboxylic acids is 3. The number of hydrogen-bond acceptors (Lipinski definition) is 4. The van der Waals surface area contributed by atoms with Gasteiger partial charge in [-0.3, -0.25) is 14.9 Å². The Kier molecular flexibility index (Phi) is 1.99. The van der Waals surface area contributed by atoms with Crippen molar-refractivity contribution in [3.05, 3.63) is 0 Å². The SMILES string of the molecule is CCO[13C](=O)[13C@H]1[C@@H]2CC[C@]3([15NH]C(=O)N[13C]3=O)[C@@H]21. The van der Waals surface area contributed by atoms with Crippen LogP contribution in [0.5, 0.6) is 0 Å². The van der Waals surface area contributed by atoms with Gasteiger partial charge in [-0.15, -0.1) is 0 Å². The van der Waals surface area contributed by atoms with E-state index in [4.69, 9.17) is 4.74 Å². The van der Waals surface area contributed by atoms with Crippen LogP contribution in [0, 0.1) is 17.8 Å². The highest BCUT2D eigenvalue weighted by atomic mass is 16.6. The highest BCUT2D eigenvalue weighted by Gasteiger charge is 2.73. The van der Waals surface area contributed by atoms with E-state index in [0.717, 1.165) is 6.42 Å². The minimum absolute atomic E-state index is 0.0759. The van der Waals surface area contributed by atoms with Crippen LogP contribution in [0.1, 0.15) is 19.8 Å². The van der Waals surface area contributed by atoms with Gasteiger partial charge in [-0.05, 0) is 25.7 Å². The first-order valence-corrected chi connectivity index (χ1v) is 5.90. The molecule has 1 heterocycles. The summed E-state index contributed by atoms with van der Waals surface area (Å²) in [7, 11) is 0. The number of carbonyl (C=O) groups is 3. The molecule has 4 atom stereocenters. The molecule has 3 fully saturated rings. The van der Waals surface area contributed by atoms with E-state index < -0.39 is 11.6 Å². The minimum Gasteiger partial charge on any atom is -0.466 e. The number of ether oxygens (including phenoxy) is 1. The van der Waals surface area contributed by atoms with Gasteiger partial charge in [-0.2, -0.15) is 0 Å². The molecule has 0 unspecified atom stereocenters. The standard InChI is InChI=1S/C11H14N2O4/c1-2-17-8(14)6-5-3-4-11(7(5)6)9(15)12-10(16)13-11/h5-7H,2-4H2,1H3,(H2,12,13,15,16)/t5-,6-,7-,11-/m0/s1/i6+1,8+1,9+1,13+1. The lowest BCUT2D eigenvalue weighted by atomic mass is 10.1. The van der Waals surface area contributed by atoms with Gasteiger partial charge in [0.05, 0.1) is 12.5 Å². The maximum Gasteiger partial charge on any atom is 0.322 e. The van der Waals surface area contributed by atoms with Crippen molar-refractivity contribution >= 4 is 17.9 Å². The molecule has 6 nitrogen and oxygen atoms in total. The number of esters is 1. The van der Waals surface area contributed by atoms with E-state index in [2.05, 4.69) is 10.6 Å². The van der Waals surface area contributed by atoms with E-state index in [9.17, 15) is 14.4 Å². The number of imide groups is 1. The van der Waals surface area contributed by atoms with Gasteiger partial charge < -0.3 is 10.1 Å². The molecular weight excluding hydrogens is 228 g/mol. The van der Waals surface area contributed by atoms with Crippen molar-refractivity contribution in [1.82, 2.24) is 10.6 Å². The summed E-state index contributed by atoms with van der Waals surface area (Å²) in [4.78, 5) is 34.7. The third-order valence-electron chi connectivity index (χ3n) is 4.14. The first-order valence-electron chi connectivity index (χ1n) is 5.90. The van der Waals surface area contributed by atoms with Crippen LogP contribution in [0.15, 0.2) is 0 Å². The largest absolute Gasteiger partial charge is 0.466 e. The van der Waals surface area contributed by atoms with Crippen LogP contribution < -0.4 is 10.6 Å². The lowest BCUT2D eigenvalue weighted by Gasteiger charge is -2.22. The molecule has 0 aromatic heterocycles. The molecule has 92 valence electrons. The van der Waals surface area contributed by atoms with Gasteiger partial charge >= 0.3 is 12.0 Å². The lowest BCUT2D eigenvalue weighted by Crippen LogP contribution is -2.48. The Labute approximate surface area is 98.1 Å². The van der Waals surface area contributed by atoms with E-state index in [1.54, 1.807) is 6.92 Å². The summed E-state index contributed by atoms with van der Waals surface area (Å²) in [6.45, 7) is 2.11. The first-order chi connectivity index (χ1) is 8.10. The topological polar surface area (TPSA) is 84.5 Å². The molecule has 1 spiro atoms. The molecule has 2 saturated carbocycles. The zero-order chi connectivity index (χ0) is 12.2. The van der Waals surface area contributed by atoms with Crippen LogP contribution in [0.25, 0.3) is 0 Å². The second-order valence-electron chi connectivity index (χ2n) is 4.89. The van der Waals surface area contributed by atoms with Crippen LogP contribution in [-0.2, 0) is 14.3 Å². The first kappa shape index (κ1) is 10.6. The van der Waals surface area contributed by atoms with Crippen LogP contribution in [0.2, 0.25) is 0 Å². The average Bonchev–Trinajstić information content (AvgIpc) is 2.79. The molecule has 1 aliphatic heterocycles. The second-order valence-corrected chi connectivity index (χ2v) is 4.89. The Morgan fingerprint density at radius 3 is 2.88 bits per heavy atom. The molecule has 6 heteroatoms. The van der Waals surface area contributed by atoms with E-state index in [1.807, 2.05) is 0 Å². The smallest absolute Gasteiger partial charge is 0.322 e. The van der Waals surface area contributed by atoms with Gasteiger partial charge in [-0.25, -0.2) is 4.79 Å². The fourth-order valence-corrected chi connectivity index (χ4v) is 3.44. The van der Waals surface area contributed by atoms with Gasteiger partial charge in [0.2, 0.25) is 0 Å². The molecule has 2 N–H and O–H groups in total. The van der Waals surface area contributed by atoms with E-state index in [0.29, 0.717) is 13.0 Å². The molecule has 2 aliphatic carbocycles. The summed E-state index contributed by atoms with van der Waals surface area (Å²) >= 11 is 0. The number of urea groups is 1. The predicted octanol–water partition coefficient (Wildman–Crippen LogP) is -0.216. The molecule has 0 bridgehead atoms. The lowest BCUT2D eigenvalue weighted by molar-refractivity contribution is -0.146. The highest BCUT2D eigenvalue weighted by molar-refractivity contribution is 6.08. The normalized spacial score (nSPS) is 42.1. The van der Waals surface area contributed by atoms with Crippen molar-refractivity contribution in [2.24, 2.45) is 17.8 Å². The van der Waals surface area contributed by atoms with E-state index in [-0.39, 0.29) is 29.6 Å². The number of fused-ring (bicyclic) bond motifs is 2. The van der Waals surface area contributed by atoms with Crippen LogP contribution >= 0.6 is 0 Å². The molecule has 0 aromatic carbocycles. The van der Waals surface area contributed by atoms with Crippen LogP contribution in [0.4, 0.5) is 4.79 Å². The van der Waals surface area contributed by atoms with Crippen molar-refractivity contribution in [1.29, 1.82) is 0 Å². The summed E-state index contributed by atoms with van der Waals surface area (Å²) in [5.41, 5.74) is -0.848. The molecule has 3 amide bonds. The van der Waals surface area contributed by atoms with Crippen LogP contribution in [0.3, 0.4) is 0 Å². The second kappa shape index (κ2) is 3.21. The summed E-state index contributed by atoms with van der Waals surface area (Å²) in [6, 6.07) is -0.454. The Morgan fingerprint density at radius 1 is 1.53 bits per heavy atom. The van der Waals surface area contributed by atoms with Gasteiger partial charge in [-0.1, -0.05) is 0 Å². The molecular formula is C11H14N2O4. The number of hydrogen-bond donors (Lipinski definition) is 2. The number of rotatable bonds is 2. The van der Waals surface area contributed by atoms with Crippen molar-refractivity contribution in [2.45, 2.75) is 25.3 Å². The Bertz CT molecular complexity index is 422. The van der Waals surface area contributed by atoms with Gasteiger partial charge in [0.25, 0.3) is 5.91 Å². The Hall–Kier alpha value is -1.59. The monoisotopic (exact) mass is 242 g/mol. The van der Waals surface area contributed by atoms with Crippen molar-refractivity contribution in [3.8, 4) is 0 Å². The molecule has 3 rings (SSSR count). The van der Waals surface area contributed by atoms with Crippen LogP contribution in [-0.4, -0.2) is 30.1 Å². The summed E-state index contributed by atoms with van der Waals surface area (Å²) in [5.74, 6) is -0.628. The third-order valence-corrected chi connectivity index (χ3v) is 4.14. The zero-order valence-electron chi connectivity index (χ0n) is 9.49. The number of nitrogens with one attached hydrogen (secondary N) is 2. The average molecular weight is 242 g/mol. The minimum atomic E-state index is -0.848. The van der Waals surface area contributed by atoms with E-state index >= 15 is 0 Å². The van der Waals surface area contributed by atoms with Gasteiger partial charge in [0.15, 0.2) is 0 Å². The summed E-state index contributed by atoms with van der Waals surface area (Å²) < 4.78 is 4.98. The predicted molar refractivity (Wildman–Crippen MR) is 55.7 cm³/mol. The van der Waals surface area contributed by atoms with E-state index in [1.165, 1.54) is 0 Å². The fourth-order valence-electron chi connectivity index (χ4n) is 3.44. The summed E-state index contributed by atoms with van der Waals surface area (Å²) in [6.07, 6.45) is 1.41. The molecule has 17 heavy (non-hydrogen) atoms. The Morgan fingerprint density at radius 2 is 2.29 bits per heavy atom. The molecule has 0 aromatic rings. The Balaban J connectivity index is 1.80. The maximum atomic E-state index is 11.8. The highest BCUT2D eigenvalue weighted by Crippen LogP contribution is 2.63. The fraction of sp³-hybridized carbons (Fsp3) is 0.727. The quantitative estimate of drug-likeness (QED) is 0.303. The number of amides is 3. The van der Waals surface area contributed by atoms with Gasteiger partial charge in [0.1, 0.15) is 5.54 Å². The van der Waals surface area contributed by atoms with Crippen molar-refractivity contribution in [3.63, 3.8) is 0 Å².